The molecule has 0 atom stereocenters. The molecular weight excluding hydrogens is 371 g/mol. The van der Waals surface area contributed by atoms with E-state index in [9.17, 15) is 4.79 Å². The van der Waals surface area contributed by atoms with E-state index in [0.717, 1.165) is 5.56 Å². The molecule has 0 N–H and O–H groups in total. The standard InChI is InChI=1S/C15H16Cl2N4O2S/c1-4-23-14(22)12-13(18-15(24-3)20-19-12)21(2)8-9-5-6-10(16)7-11(9)17/h5-7H,4,8H2,1-3H3. The van der Waals surface area contributed by atoms with Gasteiger partial charge in [0.15, 0.2) is 5.82 Å². The number of ether oxygens (including phenoxy) is 1. The summed E-state index contributed by atoms with van der Waals surface area (Å²) in [7, 11) is 1.79. The number of halogens is 2. The van der Waals surface area contributed by atoms with Crippen molar-refractivity contribution in [1.82, 2.24) is 15.2 Å². The highest BCUT2D eigenvalue weighted by atomic mass is 35.5. The molecule has 0 fully saturated rings. The number of nitrogens with zero attached hydrogens (tertiary/aromatic N) is 4. The van der Waals surface area contributed by atoms with Crippen molar-refractivity contribution < 1.29 is 9.53 Å². The van der Waals surface area contributed by atoms with E-state index in [2.05, 4.69) is 15.2 Å². The molecule has 1 aromatic carbocycles. The first-order valence-electron chi connectivity index (χ1n) is 7.07. The first-order chi connectivity index (χ1) is 11.5. The normalized spacial score (nSPS) is 10.5. The second kappa shape index (κ2) is 8.50. The van der Waals surface area contributed by atoms with E-state index < -0.39 is 5.97 Å². The van der Waals surface area contributed by atoms with Crippen LogP contribution in [0.3, 0.4) is 0 Å². The summed E-state index contributed by atoms with van der Waals surface area (Å²) in [5.41, 5.74) is 0.921. The molecule has 1 aromatic heterocycles. The Balaban J connectivity index is 2.35. The molecule has 0 saturated carbocycles. The molecule has 0 amide bonds. The predicted molar refractivity (Wildman–Crippen MR) is 96.1 cm³/mol. The van der Waals surface area contributed by atoms with Gasteiger partial charge in [-0.05, 0) is 30.9 Å². The van der Waals surface area contributed by atoms with E-state index in [1.54, 1.807) is 31.0 Å². The molecule has 0 aliphatic rings. The van der Waals surface area contributed by atoms with Gasteiger partial charge in [0.1, 0.15) is 0 Å². The molecule has 2 aromatic rings. The maximum absolute atomic E-state index is 12.1. The molecule has 0 bridgehead atoms. The summed E-state index contributed by atoms with van der Waals surface area (Å²) >= 11 is 13.5. The molecule has 6 nitrogen and oxygen atoms in total. The Morgan fingerprint density at radius 1 is 1.33 bits per heavy atom. The monoisotopic (exact) mass is 386 g/mol. The zero-order valence-electron chi connectivity index (χ0n) is 13.4. The third-order valence-corrected chi connectivity index (χ3v) is 4.21. The Labute approximate surface area is 154 Å². The van der Waals surface area contributed by atoms with Crippen LogP contribution in [0.25, 0.3) is 0 Å². The van der Waals surface area contributed by atoms with Gasteiger partial charge < -0.3 is 9.64 Å². The highest BCUT2D eigenvalue weighted by Gasteiger charge is 2.21. The van der Waals surface area contributed by atoms with Crippen LogP contribution in [-0.2, 0) is 11.3 Å². The van der Waals surface area contributed by atoms with Crippen LogP contribution in [0.15, 0.2) is 23.4 Å². The van der Waals surface area contributed by atoms with Crippen molar-refractivity contribution in [3.8, 4) is 0 Å². The molecule has 1 heterocycles. The molecular formula is C15H16Cl2N4O2S. The fraction of sp³-hybridized carbons (Fsp3) is 0.333. The van der Waals surface area contributed by atoms with Crippen LogP contribution in [0.2, 0.25) is 10.0 Å². The molecule has 0 aliphatic carbocycles. The van der Waals surface area contributed by atoms with Crippen LogP contribution in [-0.4, -0.2) is 41.1 Å². The number of rotatable bonds is 6. The summed E-state index contributed by atoms with van der Waals surface area (Å²) in [5.74, 6) is -0.173. The van der Waals surface area contributed by atoms with E-state index >= 15 is 0 Å². The molecule has 0 unspecified atom stereocenters. The van der Waals surface area contributed by atoms with E-state index in [1.807, 2.05) is 12.3 Å². The lowest BCUT2D eigenvalue weighted by Crippen LogP contribution is -2.23. The summed E-state index contributed by atoms with van der Waals surface area (Å²) in [6.07, 6.45) is 1.83. The minimum atomic E-state index is -0.561. The topological polar surface area (TPSA) is 68.2 Å². The van der Waals surface area contributed by atoms with Crippen LogP contribution in [0.1, 0.15) is 23.0 Å². The minimum absolute atomic E-state index is 0.0715. The number of anilines is 1. The maximum atomic E-state index is 12.1. The van der Waals surface area contributed by atoms with Gasteiger partial charge in [0.25, 0.3) is 0 Å². The number of esters is 1. The van der Waals surface area contributed by atoms with Crippen molar-refractivity contribution >= 4 is 46.8 Å². The van der Waals surface area contributed by atoms with Gasteiger partial charge in [0.05, 0.1) is 6.61 Å². The van der Waals surface area contributed by atoms with Gasteiger partial charge >= 0.3 is 5.97 Å². The Morgan fingerprint density at radius 3 is 2.71 bits per heavy atom. The van der Waals surface area contributed by atoms with Gasteiger partial charge in [-0.3, -0.25) is 0 Å². The third-order valence-electron chi connectivity index (χ3n) is 3.08. The number of carbonyl (C=O) groups is 1. The largest absolute Gasteiger partial charge is 0.461 e. The second-order valence-corrected chi connectivity index (χ2v) is 6.40. The van der Waals surface area contributed by atoms with Crippen molar-refractivity contribution in [2.24, 2.45) is 0 Å². The average Bonchev–Trinajstić information content (AvgIpc) is 2.57. The van der Waals surface area contributed by atoms with E-state index in [0.29, 0.717) is 27.6 Å². The van der Waals surface area contributed by atoms with Crippen LogP contribution in [0, 0.1) is 0 Å². The Kier molecular flexibility index (Phi) is 6.65. The van der Waals surface area contributed by atoms with Gasteiger partial charge in [-0.25, -0.2) is 9.78 Å². The Bertz CT molecular complexity index is 745. The fourth-order valence-electron chi connectivity index (χ4n) is 1.97. The molecule has 2 rings (SSSR count). The van der Waals surface area contributed by atoms with Gasteiger partial charge in [0.2, 0.25) is 10.9 Å². The average molecular weight is 387 g/mol. The van der Waals surface area contributed by atoms with Crippen LogP contribution >= 0.6 is 35.0 Å². The molecule has 0 radical (unpaired) electrons. The van der Waals surface area contributed by atoms with Crippen LogP contribution in [0.4, 0.5) is 5.82 Å². The Morgan fingerprint density at radius 2 is 2.08 bits per heavy atom. The zero-order valence-corrected chi connectivity index (χ0v) is 15.7. The SMILES string of the molecule is CCOC(=O)c1nnc(SC)nc1N(C)Cc1ccc(Cl)cc1Cl. The van der Waals surface area contributed by atoms with Crippen molar-refractivity contribution in [1.29, 1.82) is 0 Å². The van der Waals surface area contributed by atoms with Crippen molar-refractivity contribution in [2.75, 3.05) is 24.8 Å². The number of hydrogen-bond donors (Lipinski definition) is 0. The van der Waals surface area contributed by atoms with Crippen molar-refractivity contribution in [3.63, 3.8) is 0 Å². The van der Waals surface area contributed by atoms with E-state index in [4.69, 9.17) is 27.9 Å². The highest BCUT2D eigenvalue weighted by molar-refractivity contribution is 7.98. The minimum Gasteiger partial charge on any atom is -0.461 e. The molecule has 0 saturated heterocycles. The van der Waals surface area contributed by atoms with Crippen molar-refractivity contribution in [2.45, 2.75) is 18.6 Å². The predicted octanol–water partition coefficient (Wildman–Crippen LogP) is 3.71. The van der Waals surface area contributed by atoms with Crippen molar-refractivity contribution in [3.05, 3.63) is 39.5 Å². The first kappa shape index (κ1) is 18.8. The van der Waals surface area contributed by atoms with Gasteiger partial charge in [-0.2, -0.15) is 0 Å². The number of thioether (sulfide) groups is 1. The zero-order chi connectivity index (χ0) is 17.7. The highest BCUT2D eigenvalue weighted by Crippen LogP contribution is 2.25. The molecule has 128 valence electrons. The number of hydrogen-bond acceptors (Lipinski definition) is 7. The smallest absolute Gasteiger partial charge is 0.362 e. The summed E-state index contributed by atoms with van der Waals surface area (Å²) in [5, 5.41) is 9.44. The molecule has 0 spiro atoms. The third kappa shape index (κ3) is 4.49. The van der Waals surface area contributed by atoms with Gasteiger partial charge in [-0.1, -0.05) is 41.0 Å². The summed E-state index contributed by atoms with van der Waals surface area (Å²) < 4.78 is 5.02. The number of aromatic nitrogens is 3. The summed E-state index contributed by atoms with van der Waals surface area (Å²) in [6.45, 7) is 2.40. The van der Waals surface area contributed by atoms with Gasteiger partial charge in [-0.15, -0.1) is 10.2 Å². The number of carbonyl (C=O) groups excluding carboxylic acids is 1. The lowest BCUT2D eigenvalue weighted by atomic mass is 10.2. The van der Waals surface area contributed by atoms with Gasteiger partial charge in [0, 0.05) is 23.6 Å². The molecule has 24 heavy (non-hydrogen) atoms. The first-order valence-corrected chi connectivity index (χ1v) is 9.05. The Hall–Kier alpha value is -1.57. The van der Waals surface area contributed by atoms with Crippen LogP contribution in [0.5, 0.6) is 0 Å². The summed E-state index contributed by atoms with van der Waals surface area (Å²) in [6, 6.07) is 5.26. The number of benzene rings is 1. The fourth-order valence-corrected chi connectivity index (χ4v) is 2.74. The maximum Gasteiger partial charge on any atom is 0.362 e. The van der Waals surface area contributed by atoms with E-state index in [-0.39, 0.29) is 12.3 Å². The lowest BCUT2D eigenvalue weighted by molar-refractivity contribution is 0.0518. The lowest BCUT2D eigenvalue weighted by Gasteiger charge is -2.20. The second-order valence-electron chi connectivity index (χ2n) is 4.78. The van der Waals surface area contributed by atoms with E-state index in [1.165, 1.54) is 11.8 Å². The molecule has 0 aliphatic heterocycles. The van der Waals surface area contributed by atoms with Crippen LogP contribution < -0.4 is 4.90 Å². The quantitative estimate of drug-likeness (QED) is 0.553. The summed E-state index contributed by atoms with van der Waals surface area (Å²) in [4.78, 5) is 18.2. The molecule has 9 heteroatoms.